The highest BCUT2D eigenvalue weighted by Crippen LogP contribution is 2.56. The Bertz CT molecular complexity index is 936. The van der Waals surface area contributed by atoms with Crippen LogP contribution in [0.4, 0.5) is 0 Å². The Morgan fingerprint density at radius 1 is 1.11 bits per heavy atom. The van der Waals surface area contributed by atoms with Crippen molar-refractivity contribution in [1.29, 1.82) is 0 Å². The van der Waals surface area contributed by atoms with E-state index < -0.39 is 65.7 Å². The van der Waals surface area contributed by atoms with Gasteiger partial charge in [-0.25, -0.2) is 0 Å². The van der Waals surface area contributed by atoms with Crippen molar-refractivity contribution in [2.45, 2.75) is 109 Å². The molecule has 2 rings (SSSR count). The summed E-state index contributed by atoms with van der Waals surface area (Å²) in [6, 6.07) is 0. The van der Waals surface area contributed by atoms with Gasteiger partial charge in [0, 0.05) is 18.3 Å². The lowest BCUT2D eigenvalue weighted by Crippen LogP contribution is -2.45. The van der Waals surface area contributed by atoms with Crippen LogP contribution in [-0.4, -0.2) is 79.6 Å². The van der Waals surface area contributed by atoms with Crippen LogP contribution in [-0.2, 0) is 23.9 Å². The van der Waals surface area contributed by atoms with E-state index in [-0.39, 0.29) is 43.3 Å². The van der Waals surface area contributed by atoms with E-state index in [1.165, 1.54) is 13.8 Å². The number of ether oxygens (including phenoxy) is 2. The number of fused-ring (bicyclic) bond motifs is 1. The predicted octanol–water partition coefficient (Wildman–Crippen LogP) is 2.27. The van der Waals surface area contributed by atoms with Crippen LogP contribution in [0.5, 0.6) is 0 Å². The number of aliphatic hydroxyl groups is 4. The van der Waals surface area contributed by atoms with Crippen molar-refractivity contribution in [1.82, 2.24) is 0 Å². The fourth-order valence-corrected chi connectivity index (χ4v) is 6.05. The summed E-state index contributed by atoms with van der Waals surface area (Å²) in [5, 5.41) is 52.2. The van der Waals surface area contributed by atoms with Crippen LogP contribution in [0.3, 0.4) is 0 Å². The standard InChI is InChI=1S/C28H44O10/c1-16-21(30)8-7-18(15-37-25(35)14-27(5,36)13-24(33)34)11-23(32)28(6)10-9-19(20(28)12-22(16)31)26(3,4)38-17(2)29/h11,19-23,30-32,36H,1,7-10,12-15H2,2-6H3,(H,33,34)/b18-11-/t19-,20+,21-,22-,23+,27+,28+/m1/s1. The first-order valence-electron chi connectivity index (χ1n) is 13.1. The summed E-state index contributed by atoms with van der Waals surface area (Å²) in [5.74, 6) is -2.95. The third-order valence-electron chi connectivity index (χ3n) is 8.24. The summed E-state index contributed by atoms with van der Waals surface area (Å²) in [4.78, 5) is 35.0. The zero-order chi connectivity index (χ0) is 29.1. The molecule has 0 aliphatic heterocycles. The second-order valence-corrected chi connectivity index (χ2v) is 12.0. The van der Waals surface area contributed by atoms with Crippen molar-refractivity contribution in [2.75, 3.05) is 6.61 Å². The van der Waals surface area contributed by atoms with Crippen molar-refractivity contribution in [3.05, 3.63) is 23.8 Å². The van der Waals surface area contributed by atoms with Crippen molar-refractivity contribution in [3.63, 3.8) is 0 Å². The molecular weight excluding hydrogens is 496 g/mol. The average molecular weight is 541 g/mol. The van der Waals surface area contributed by atoms with Crippen molar-refractivity contribution in [2.24, 2.45) is 17.3 Å². The second-order valence-electron chi connectivity index (χ2n) is 12.0. The topological polar surface area (TPSA) is 171 Å². The van der Waals surface area contributed by atoms with Gasteiger partial charge < -0.3 is 35.0 Å². The van der Waals surface area contributed by atoms with Crippen LogP contribution in [0.2, 0.25) is 0 Å². The van der Waals surface area contributed by atoms with Gasteiger partial charge >= 0.3 is 17.9 Å². The normalized spacial score (nSPS) is 33.7. The van der Waals surface area contributed by atoms with Gasteiger partial charge in [-0.15, -0.1) is 0 Å². The zero-order valence-corrected chi connectivity index (χ0v) is 23.1. The number of aliphatic carboxylic acids is 1. The molecule has 1 saturated carbocycles. The van der Waals surface area contributed by atoms with E-state index in [0.717, 1.165) is 0 Å². The van der Waals surface area contributed by atoms with Gasteiger partial charge in [0.05, 0.1) is 36.8 Å². The van der Waals surface area contributed by atoms with E-state index in [4.69, 9.17) is 14.6 Å². The molecule has 10 heteroatoms. The SMILES string of the molecule is C=C1[C@H](O)CC/C(COC(=O)C[C@@](C)(O)CC(=O)O)=C/[C@H](O)[C@@]2(C)CC[C@@H](C(C)(C)OC(C)=O)[C@@H]2C[C@H]1O. The molecule has 0 heterocycles. The number of aliphatic hydroxyl groups excluding tert-OH is 3. The Balaban J connectivity index is 2.34. The van der Waals surface area contributed by atoms with E-state index in [0.29, 0.717) is 18.4 Å². The third-order valence-corrected chi connectivity index (χ3v) is 8.24. The molecular formula is C28H44O10. The van der Waals surface area contributed by atoms with E-state index in [2.05, 4.69) is 6.58 Å². The lowest BCUT2D eigenvalue weighted by atomic mass is 9.67. The number of carbonyl (C=O) groups is 3. The molecule has 0 spiro atoms. The summed E-state index contributed by atoms with van der Waals surface area (Å²) in [5.41, 5.74) is -2.57. The van der Waals surface area contributed by atoms with Gasteiger partial charge in [-0.3, -0.25) is 14.4 Å². The molecule has 0 aromatic carbocycles. The van der Waals surface area contributed by atoms with E-state index >= 15 is 0 Å². The van der Waals surface area contributed by atoms with Crippen LogP contribution >= 0.6 is 0 Å². The Labute approximate surface area is 224 Å². The first-order chi connectivity index (χ1) is 17.4. The Morgan fingerprint density at radius 2 is 1.74 bits per heavy atom. The summed E-state index contributed by atoms with van der Waals surface area (Å²) >= 11 is 0. The molecule has 5 N–H and O–H groups in total. The molecule has 216 valence electrons. The maximum Gasteiger partial charge on any atom is 0.309 e. The molecule has 38 heavy (non-hydrogen) atoms. The molecule has 0 amide bonds. The molecule has 0 unspecified atom stereocenters. The average Bonchev–Trinajstić information content (AvgIpc) is 3.09. The minimum Gasteiger partial charge on any atom is -0.481 e. The number of rotatable bonds is 8. The second kappa shape index (κ2) is 12.3. The molecule has 0 aromatic rings. The number of carboxylic acid groups (broad SMARTS) is 1. The molecule has 2 aliphatic carbocycles. The van der Waals surface area contributed by atoms with Crippen molar-refractivity contribution >= 4 is 17.9 Å². The van der Waals surface area contributed by atoms with Gasteiger partial charge in [-0.1, -0.05) is 19.6 Å². The lowest BCUT2D eigenvalue weighted by Gasteiger charge is -2.43. The summed E-state index contributed by atoms with van der Waals surface area (Å²) in [6.07, 6.45) is -0.746. The number of carboxylic acids is 1. The van der Waals surface area contributed by atoms with Crippen LogP contribution in [0.1, 0.15) is 79.6 Å². The highest BCUT2D eigenvalue weighted by Gasteiger charge is 2.54. The number of hydrogen-bond acceptors (Lipinski definition) is 9. The van der Waals surface area contributed by atoms with E-state index in [1.54, 1.807) is 6.08 Å². The first kappa shape index (κ1) is 31.9. The number of hydrogen-bond donors (Lipinski definition) is 5. The van der Waals surface area contributed by atoms with Gasteiger partial charge in [0.15, 0.2) is 0 Å². The Kier molecular flexibility index (Phi) is 10.3. The van der Waals surface area contributed by atoms with Crippen molar-refractivity contribution < 1.29 is 49.4 Å². The van der Waals surface area contributed by atoms with Gasteiger partial charge in [-0.2, -0.15) is 0 Å². The van der Waals surface area contributed by atoms with Crippen LogP contribution in [0, 0.1) is 17.3 Å². The molecule has 0 aromatic heterocycles. The largest absolute Gasteiger partial charge is 0.481 e. The van der Waals surface area contributed by atoms with Crippen molar-refractivity contribution in [3.8, 4) is 0 Å². The molecule has 1 fully saturated rings. The molecule has 0 bridgehead atoms. The maximum atomic E-state index is 12.3. The van der Waals surface area contributed by atoms with E-state index in [9.17, 15) is 34.8 Å². The zero-order valence-electron chi connectivity index (χ0n) is 23.1. The monoisotopic (exact) mass is 540 g/mol. The quantitative estimate of drug-likeness (QED) is 0.227. The van der Waals surface area contributed by atoms with Gasteiger partial charge in [0.25, 0.3) is 0 Å². The number of esters is 2. The van der Waals surface area contributed by atoms with Gasteiger partial charge in [0.2, 0.25) is 0 Å². The minimum absolute atomic E-state index is 0.173. The van der Waals surface area contributed by atoms with Gasteiger partial charge in [-0.05, 0) is 69.9 Å². The smallest absolute Gasteiger partial charge is 0.309 e. The fraction of sp³-hybridized carbons (Fsp3) is 0.750. The maximum absolute atomic E-state index is 12.3. The summed E-state index contributed by atoms with van der Waals surface area (Å²) in [6.45, 7) is 11.8. The minimum atomic E-state index is -1.77. The first-order valence-corrected chi connectivity index (χ1v) is 13.1. The molecule has 10 nitrogen and oxygen atoms in total. The van der Waals surface area contributed by atoms with Crippen LogP contribution in [0.25, 0.3) is 0 Å². The Morgan fingerprint density at radius 3 is 2.32 bits per heavy atom. The molecule has 7 atom stereocenters. The Hall–Kier alpha value is -2.27. The highest BCUT2D eigenvalue weighted by molar-refractivity contribution is 5.74. The lowest BCUT2D eigenvalue weighted by molar-refractivity contribution is -0.162. The predicted molar refractivity (Wildman–Crippen MR) is 138 cm³/mol. The van der Waals surface area contributed by atoms with Crippen LogP contribution < -0.4 is 0 Å². The number of carbonyl (C=O) groups excluding carboxylic acids is 2. The summed E-state index contributed by atoms with van der Waals surface area (Å²) in [7, 11) is 0. The van der Waals surface area contributed by atoms with Gasteiger partial charge in [0.1, 0.15) is 12.2 Å². The van der Waals surface area contributed by atoms with E-state index in [1.807, 2.05) is 20.8 Å². The molecule has 0 radical (unpaired) electrons. The molecule has 0 saturated heterocycles. The molecule has 2 aliphatic rings. The summed E-state index contributed by atoms with van der Waals surface area (Å²) < 4.78 is 10.9. The van der Waals surface area contributed by atoms with Crippen LogP contribution in [0.15, 0.2) is 23.8 Å². The highest BCUT2D eigenvalue weighted by atomic mass is 16.6. The fourth-order valence-electron chi connectivity index (χ4n) is 6.05. The third kappa shape index (κ3) is 8.11.